The van der Waals surface area contributed by atoms with Gasteiger partial charge in [0.15, 0.2) is 0 Å². The fourth-order valence-corrected chi connectivity index (χ4v) is 3.04. The van der Waals surface area contributed by atoms with Crippen LogP contribution in [0.4, 0.5) is 4.39 Å². The van der Waals surface area contributed by atoms with Crippen molar-refractivity contribution in [2.75, 3.05) is 0 Å². The van der Waals surface area contributed by atoms with Gasteiger partial charge in [0.1, 0.15) is 11.9 Å². The molecule has 120 valence electrons. The number of nitrogens with one attached hydrogen (secondary N) is 1. The standard InChI is InChI=1S/C17H23FNO2P/c1-11(2)6-7-13-10-16(21-17(13)20)15(19-22)9-12-4-3-5-14(18)8-12/h3-6,8,13,15-16,19H,7,9-10,22H2,1-2H3/t13-,15+,16?/m1/s1. The van der Waals surface area contributed by atoms with E-state index in [0.29, 0.717) is 12.8 Å². The summed E-state index contributed by atoms with van der Waals surface area (Å²) >= 11 is 0. The number of halogens is 1. The Hall–Kier alpha value is -1.25. The Morgan fingerprint density at radius 2 is 2.32 bits per heavy atom. The molecule has 1 aliphatic rings. The molecule has 1 fully saturated rings. The van der Waals surface area contributed by atoms with Gasteiger partial charge in [-0.25, -0.2) is 4.39 Å². The molecule has 0 amide bonds. The van der Waals surface area contributed by atoms with E-state index in [1.54, 1.807) is 6.07 Å². The highest BCUT2D eigenvalue weighted by molar-refractivity contribution is 7.13. The van der Waals surface area contributed by atoms with Crippen LogP contribution in [0.5, 0.6) is 0 Å². The monoisotopic (exact) mass is 323 g/mol. The predicted octanol–water partition coefficient (Wildman–Crippen LogP) is 3.40. The van der Waals surface area contributed by atoms with Gasteiger partial charge in [0.25, 0.3) is 0 Å². The Kier molecular flexibility index (Phi) is 6.10. The van der Waals surface area contributed by atoms with E-state index < -0.39 is 0 Å². The van der Waals surface area contributed by atoms with Crippen molar-refractivity contribution in [1.29, 1.82) is 0 Å². The van der Waals surface area contributed by atoms with Crippen LogP contribution in [0.3, 0.4) is 0 Å². The average molecular weight is 323 g/mol. The Balaban J connectivity index is 2.00. The third-order valence-corrected chi connectivity index (χ3v) is 4.36. The molecule has 1 N–H and O–H groups in total. The third-order valence-electron chi connectivity index (χ3n) is 3.94. The molecule has 1 saturated heterocycles. The first-order valence-electron chi connectivity index (χ1n) is 7.54. The highest BCUT2D eigenvalue weighted by Crippen LogP contribution is 2.28. The molecule has 0 spiro atoms. The minimum absolute atomic E-state index is 0.0348. The van der Waals surface area contributed by atoms with Crippen LogP contribution in [0.2, 0.25) is 0 Å². The lowest BCUT2D eigenvalue weighted by Crippen LogP contribution is -2.36. The summed E-state index contributed by atoms with van der Waals surface area (Å²) in [5, 5.41) is 3.12. The number of allylic oxidation sites excluding steroid dienone is 2. The Labute approximate surface area is 133 Å². The normalized spacial score (nSPS) is 22.3. The molecule has 0 aliphatic carbocycles. The summed E-state index contributed by atoms with van der Waals surface area (Å²) in [6.07, 6.45) is 3.94. The van der Waals surface area contributed by atoms with Crippen LogP contribution in [-0.4, -0.2) is 18.1 Å². The smallest absolute Gasteiger partial charge is 0.309 e. The zero-order valence-electron chi connectivity index (χ0n) is 13.0. The van der Waals surface area contributed by atoms with Crippen LogP contribution >= 0.6 is 9.39 Å². The number of ether oxygens (including phenoxy) is 1. The van der Waals surface area contributed by atoms with Gasteiger partial charge < -0.3 is 4.74 Å². The van der Waals surface area contributed by atoms with Crippen molar-refractivity contribution in [2.45, 2.75) is 45.3 Å². The number of carbonyl (C=O) groups is 1. The molecule has 0 radical (unpaired) electrons. The van der Waals surface area contributed by atoms with Crippen LogP contribution in [0.1, 0.15) is 32.3 Å². The summed E-state index contributed by atoms with van der Waals surface area (Å²) in [6.45, 7) is 4.05. The van der Waals surface area contributed by atoms with E-state index in [1.165, 1.54) is 17.7 Å². The van der Waals surface area contributed by atoms with Gasteiger partial charge >= 0.3 is 5.97 Å². The second-order valence-corrected chi connectivity index (χ2v) is 6.37. The zero-order valence-corrected chi connectivity index (χ0v) is 14.2. The van der Waals surface area contributed by atoms with Gasteiger partial charge in [0.2, 0.25) is 0 Å². The third kappa shape index (κ3) is 4.62. The van der Waals surface area contributed by atoms with Gasteiger partial charge in [-0.1, -0.05) is 33.2 Å². The molecule has 4 atom stereocenters. The van der Waals surface area contributed by atoms with Crippen LogP contribution in [0, 0.1) is 11.7 Å². The molecule has 1 aliphatic heterocycles. The summed E-state index contributed by atoms with van der Waals surface area (Å²) in [7, 11) is 2.47. The molecule has 1 aromatic rings. The van der Waals surface area contributed by atoms with Crippen molar-refractivity contribution in [3.63, 3.8) is 0 Å². The number of benzene rings is 1. The average Bonchev–Trinajstić information content (AvgIpc) is 2.83. The maximum atomic E-state index is 13.3. The molecule has 0 saturated carbocycles. The van der Waals surface area contributed by atoms with Gasteiger partial charge in [-0.15, -0.1) is 0 Å². The lowest BCUT2D eigenvalue weighted by Gasteiger charge is -2.22. The largest absolute Gasteiger partial charge is 0.460 e. The number of carbonyl (C=O) groups excluding carboxylic acids is 1. The summed E-state index contributed by atoms with van der Waals surface area (Å²) < 4.78 is 18.8. The summed E-state index contributed by atoms with van der Waals surface area (Å²) in [5.41, 5.74) is 2.10. The molecule has 1 heterocycles. The molecule has 5 heteroatoms. The maximum absolute atomic E-state index is 13.3. The van der Waals surface area contributed by atoms with E-state index in [9.17, 15) is 9.18 Å². The summed E-state index contributed by atoms with van der Waals surface area (Å²) in [5.74, 6) is -0.454. The van der Waals surface area contributed by atoms with Crippen LogP contribution in [0.15, 0.2) is 35.9 Å². The number of hydrogen-bond donors (Lipinski definition) is 1. The zero-order chi connectivity index (χ0) is 16.1. The molecule has 22 heavy (non-hydrogen) atoms. The van der Waals surface area contributed by atoms with E-state index in [1.807, 2.05) is 19.9 Å². The van der Waals surface area contributed by atoms with E-state index in [0.717, 1.165) is 12.0 Å². The molecule has 2 rings (SSSR count). The van der Waals surface area contributed by atoms with Crippen molar-refractivity contribution < 1.29 is 13.9 Å². The minimum Gasteiger partial charge on any atom is -0.460 e. The molecule has 0 bridgehead atoms. The van der Waals surface area contributed by atoms with Crippen molar-refractivity contribution in [2.24, 2.45) is 5.92 Å². The lowest BCUT2D eigenvalue weighted by atomic mass is 9.94. The Morgan fingerprint density at radius 3 is 2.95 bits per heavy atom. The first-order valence-corrected chi connectivity index (χ1v) is 8.11. The van der Waals surface area contributed by atoms with E-state index in [4.69, 9.17) is 4.74 Å². The number of esters is 1. The molecular weight excluding hydrogens is 300 g/mol. The Morgan fingerprint density at radius 1 is 1.55 bits per heavy atom. The van der Waals surface area contributed by atoms with Gasteiger partial charge in [-0.3, -0.25) is 9.88 Å². The Bertz CT molecular complexity index is 557. The highest BCUT2D eigenvalue weighted by Gasteiger charge is 2.37. The van der Waals surface area contributed by atoms with E-state index in [-0.39, 0.29) is 29.9 Å². The summed E-state index contributed by atoms with van der Waals surface area (Å²) in [6, 6.07) is 6.50. The van der Waals surface area contributed by atoms with Crippen molar-refractivity contribution >= 4 is 15.4 Å². The quantitative estimate of drug-likeness (QED) is 0.495. The molecule has 1 aromatic carbocycles. The van der Waals surface area contributed by atoms with Crippen LogP contribution in [-0.2, 0) is 16.0 Å². The lowest BCUT2D eigenvalue weighted by molar-refractivity contribution is -0.144. The van der Waals surface area contributed by atoms with Crippen molar-refractivity contribution in [3.05, 3.63) is 47.3 Å². The SMILES string of the molecule is CC(C)=CC[C@@H]1CC([C@H](Cc2cccc(F)c2)NP)OC1=O. The number of cyclic esters (lactones) is 1. The molecule has 3 nitrogen and oxygen atoms in total. The second-order valence-electron chi connectivity index (χ2n) is 6.03. The van der Waals surface area contributed by atoms with Gasteiger partial charge in [-0.05, 0) is 50.8 Å². The van der Waals surface area contributed by atoms with E-state index >= 15 is 0 Å². The van der Waals surface area contributed by atoms with Crippen LogP contribution < -0.4 is 5.09 Å². The molecule has 0 aromatic heterocycles. The van der Waals surface area contributed by atoms with Gasteiger partial charge in [-0.2, -0.15) is 0 Å². The first-order chi connectivity index (χ1) is 10.5. The minimum atomic E-state index is -0.246. The van der Waals surface area contributed by atoms with Gasteiger partial charge in [0.05, 0.1) is 12.0 Å². The molecule has 2 unspecified atom stereocenters. The number of rotatable bonds is 6. The summed E-state index contributed by atoms with van der Waals surface area (Å²) in [4.78, 5) is 12.0. The fourth-order valence-electron chi connectivity index (χ4n) is 2.70. The van der Waals surface area contributed by atoms with Gasteiger partial charge in [0, 0.05) is 0 Å². The molecular formula is C17H23FNO2P. The topological polar surface area (TPSA) is 38.3 Å². The predicted molar refractivity (Wildman–Crippen MR) is 88.8 cm³/mol. The van der Waals surface area contributed by atoms with Crippen molar-refractivity contribution in [3.8, 4) is 0 Å². The maximum Gasteiger partial charge on any atom is 0.309 e. The first kappa shape index (κ1) is 17.1. The van der Waals surface area contributed by atoms with E-state index in [2.05, 4.69) is 20.6 Å². The highest BCUT2D eigenvalue weighted by atomic mass is 31.0. The van der Waals surface area contributed by atoms with Crippen molar-refractivity contribution in [1.82, 2.24) is 5.09 Å². The van der Waals surface area contributed by atoms with Crippen LogP contribution in [0.25, 0.3) is 0 Å². The number of hydrogen-bond acceptors (Lipinski definition) is 3. The second kappa shape index (κ2) is 7.85. The fraction of sp³-hybridized carbons (Fsp3) is 0.471.